The Kier molecular flexibility index (Phi) is 7.20. The predicted octanol–water partition coefficient (Wildman–Crippen LogP) is 0.510. The Bertz CT molecular complexity index is 437. The zero-order chi connectivity index (χ0) is 14.9. The number of nitrogens with one attached hydrogen (secondary N) is 2. The number of nitrogens with zero attached hydrogens (tertiary/aromatic N) is 3. The summed E-state index contributed by atoms with van der Waals surface area (Å²) in [5, 5.41) is 14.8. The molecule has 0 radical (unpaired) electrons. The van der Waals surface area contributed by atoms with Gasteiger partial charge in [-0.3, -0.25) is 9.69 Å². The van der Waals surface area contributed by atoms with Gasteiger partial charge in [-0.2, -0.15) is 0 Å². The zero-order valence-corrected chi connectivity index (χ0v) is 13.8. The van der Waals surface area contributed by atoms with Crippen molar-refractivity contribution in [3.63, 3.8) is 0 Å². The minimum absolute atomic E-state index is 0.00443. The van der Waals surface area contributed by atoms with Crippen LogP contribution in [0.15, 0.2) is 4.34 Å². The molecule has 2 heterocycles. The van der Waals surface area contributed by atoms with Gasteiger partial charge in [-0.15, -0.1) is 10.2 Å². The van der Waals surface area contributed by atoms with Crippen molar-refractivity contribution in [3.05, 3.63) is 0 Å². The summed E-state index contributed by atoms with van der Waals surface area (Å²) in [6.45, 7) is 5.70. The fourth-order valence-electron chi connectivity index (χ4n) is 1.86. The number of morpholine rings is 1. The van der Waals surface area contributed by atoms with Gasteiger partial charge in [-0.25, -0.2) is 0 Å². The highest BCUT2D eigenvalue weighted by atomic mass is 32.2. The first-order valence-electron chi connectivity index (χ1n) is 6.99. The number of anilines is 1. The van der Waals surface area contributed by atoms with Crippen LogP contribution in [0.1, 0.15) is 6.42 Å². The Hall–Kier alpha value is -0.900. The summed E-state index contributed by atoms with van der Waals surface area (Å²) in [5.74, 6) is 0.373. The van der Waals surface area contributed by atoms with Crippen LogP contribution < -0.4 is 10.6 Å². The Balaban J connectivity index is 1.60. The van der Waals surface area contributed by atoms with Gasteiger partial charge in [-0.1, -0.05) is 23.1 Å². The van der Waals surface area contributed by atoms with Gasteiger partial charge in [0.05, 0.1) is 19.0 Å². The maximum Gasteiger partial charge on any atom is 0.230 e. The summed E-state index contributed by atoms with van der Waals surface area (Å²) in [5.41, 5.74) is 0. The molecular formula is C12H21N5O2S2. The largest absolute Gasteiger partial charge is 0.379 e. The molecule has 2 N–H and O–H groups in total. The molecule has 0 saturated carbocycles. The van der Waals surface area contributed by atoms with E-state index < -0.39 is 0 Å². The Morgan fingerprint density at radius 1 is 1.43 bits per heavy atom. The molecule has 21 heavy (non-hydrogen) atoms. The lowest BCUT2D eigenvalue weighted by atomic mass is 10.3. The van der Waals surface area contributed by atoms with E-state index in [4.69, 9.17) is 4.74 Å². The number of hydrogen-bond donors (Lipinski definition) is 2. The predicted molar refractivity (Wildman–Crippen MR) is 85.1 cm³/mol. The van der Waals surface area contributed by atoms with E-state index in [9.17, 15) is 4.79 Å². The second-order valence-electron chi connectivity index (χ2n) is 4.57. The van der Waals surface area contributed by atoms with Crippen molar-refractivity contribution in [2.75, 3.05) is 57.5 Å². The smallest absolute Gasteiger partial charge is 0.230 e. The van der Waals surface area contributed by atoms with E-state index in [0.29, 0.717) is 5.75 Å². The van der Waals surface area contributed by atoms with E-state index in [-0.39, 0.29) is 5.91 Å². The maximum absolute atomic E-state index is 11.1. The first kappa shape index (κ1) is 16.5. The van der Waals surface area contributed by atoms with E-state index >= 15 is 0 Å². The molecule has 9 heteroatoms. The minimum Gasteiger partial charge on any atom is -0.379 e. The first-order chi connectivity index (χ1) is 10.3. The molecule has 118 valence electrons. The number of carbonyl (C=O) groups is 1. The molecule has 7 nitrogen and oxygen atoms in total. The lowest BCUT2D eigenvalue weighted by molar-refractivity contribution is -0.118. The Labute approximate surface area is 132 Å². The monoisotopic (exact) mass is 331 g/mol. The standard InChI is InChI=1S/C12H21N5O2S2/c1-13-10(18)9-20-12-16-15-11(21-12)14-3-2-4-17-5-7-19-8-6-17/h2-9H2,1H3,(H,13,18)(H,14,15). The van der Waals surface area contributed by atoms with Crippen LogP contribution in [0.3, 0.4) is 0 Å². The van der Waals surface area contributed by atoms with Crippen molar-refractivity contribution in [3.8, 4) is 0 Å². The molecule has 1 aliphatic rings. The van der Waals surface area contributed by atoms with E-state index in [1.165, 1.54) is 23.1 Å². The van der Waals surface area contributed by atoms with Crippen LogP contribution in [0.2, 0.25) is 0 Å². The molecule has 1 aliphatic heterocycles. The highest BCUT2D eigenvalue weighted by Gasteiger charge is 2.10. The van der Waals surface area contributed by atoms with Crippen molar-refractivity contribution in [2.45, 2.75) is 10.8 Å². The molecule has 1 aromatic heterocycles. The molecule has 0 atom stereocenters. The average molecular weight is 331 g/mol. The van der Waals surface area contributed by atoms with Gasteiger partial charge in [0.15, 0.2) is 4.34 Å². The second kappa shape index (κ2) is 9.19. The van der Waals surface area contributed by atoms with Gasteiger partial charge >= 0.3 is 0 Å². The molecule has 2 rings (SSSR count). The van der Waals surface area contributed by atoms with E-state index in [1.54, 1.807) is 7.05 Å². The third-order valence-corrected chi connectivity index (χ3v) is 5.06. The molecule has 0 aromatic carbocycles. The number of thioether (sulfide) groups is 1. The van der Waals surface area contributed by atoms with Gasteiger partial charge in [0.2, 0.25) is 11.0 Å². The summed E-state index contributed by atoms with van der Waals surface area (Å²) in [6.07, 6.45) is 1.07. The molecule has 0 aliphatic carbocycles. The van der Waals surface area contributed by atoms with E-state index in [0.717, 1.165) is 55.3 Å². The van der Waals surface area contributed by atoms with Gasteiger partial charge in [0.25, 0.3) is 0 Å². The topological polar surface area (TPSA) is 79.4 Å². The van der Waals surface area contributed by atoms with Crippen molar-refractivity contribution >= 4 is 34.1 Å². The quantitative estimate of drug-likeness (QED) is 0.531. The molecule has 1 saturated heterocycles. The number of hydrogen-bond acceptors (Lipinski definition) is 8. The lowest BCUT2D eigenvalue weighted by Crippen LogP contribution is -2.37. The van der Waals surface area contributed by atoms with E-state index in [1.807, 2.05) is 0 Å². The van der Waals surface area contributed by atoms with Gasteiger partial charge in [-0.05, 0) is 13.0 Å². The maximum atomic E-state index is 11.1. The SMILES string of the molecule is CNC(=O)CSc1nnc(NCCCN2CCOCC2)s1. The Morgan fingerprint density at radius 3 is 3.00 bits per heavy atom. The van der Waals surface area contributed by atoms with Gasteiger partial charge in [0.1, 0.15) is 0 Å². The lowest BCUT2D eigenvalue weighted by Gasteiger charge is -2.26. The first-order valence-corrected chi connectivity index (χ1v) is 8.79. The van der Waals surface area contributed by atoms with Crippen LogP contribution in [0, 0.1) is 0 Å². The molecule has 0 bridgehead atoms. The van der Waals surface area contributed by atoms with Crippen LogP contribution in [-0.4, -0.2) is 73.2 Å². The molecule has 0 spiro atoms. The summed E-state index contributed by atoms with van der Waals surface area (Å²) in [7, 11) is 1.63. The number of aromatic nitrogens is 2. The zero-order valence-electron chi connectivity index (χ0n) is 12.1. The summed E-state index contributed by atoms with van der Waals surface area (Å²) in [4.78, 5) is 13.6. The van der Waals surface area contributed by atoms with Crippen LogP contribution in [-0.2, 0) is 9.53 Å². The van der Waals surface area contributed by atoms with Crippen LogP contribution in [0.5, 0.6) is 0 Å². The molecule has 0 unspecified atom stereocenters. The van der Waals surface area contributed by atoms with Crippen LogP contribution in [0.25, 0.3) is 0 Å². The number of amides is 1. The van der Waals surface area contributed by atoms with Crippen LogP contribution in [0.4, 0.5) is 5.13 Å². The average Bonchev–Trinajstić information content (AvgIpc) is 2.98. The number of rotatable bonds is 8. The van der Waals surface area contributed by atoms with Crippen molar-refractivity contribution in [1.82, 2.24) is 20.4 Å². The fourth-order valence-corrected chi connectivity index (χ4v) is 3.51. The summed E-state index contributed by atoms with van der Waals surface area (Å²) in [6, 6.07) is 0. The molecule has 1 amide bonds. The Morgan fingerprint density at radius 2 is 2.24 bits per heavy atom. The molecular weight excluding hydrogens is 310 g/mol. The highest BCUT2D eigenvalue weighted by molar-refractivity contribution is 8.01. The normalized spacial score (nSPS) is 15.9. The van der Waals surface area contributed by atoms with Gasteiger partial charge in [0, 0.05) is 26.7 Å². The summed E-state index contributed by atoms with van der Waals surface area (Å²) >= 11 is 2.89. The number of ether oxygens (including phenoxy) is 1. The third-order valence-electron chi connectivity index (χ3n) is 3.04. The minimum atomic E-state index is -0.00443. The molecule has 1 aromatic rings. The third kappa shape index (κ3) is 6.16. The fraction of sp³-hybridized carbons (Fsp3) is 0.750. The van der Waals surface area contributed by atoms with Crippen molar-refractivity contribution in [2.24, 2.45) is 0 Å². The highest BCUT2D eigenvalue weighted by Crippen LogP contribution is 2.25. The second-order valence-corrected chi connectivity index (χ2v) is 6.77. The van der Waals surface area contributed by atoms with Gasteiger partial charge < -0.3 is 15.4 Å². The van der Waals surface area contributed by atoms with Crippen LogP contribution >= 0.6 is 23.1 Å². The van der Waals surface area contributed by atoms with Crippen molar-refractivity contribution in [1.29, 1.82) is 0 Å². The summed E-state index contributed by atoms with van der Waals surface area (Å²) < 4.78 is 6.14. The van der Waals surface area contributed by atoms with Crippen molar-refractivity contribution < 1.29 is 9.53 Å². The number of carbonyl (C=O) groups excluding carboxylic acids is 1. The van der Waals surface area contributed by atoms with E-state index in [2.05, 4.69) is 25.7 Å². The molecule has 1 fully saturated rings.